The standard InChI is InChI=1S/C14H17NO2/c1-3-10-7-5-6-8-12(10)11(4-2)9-13(16)14(15)17/h4-8H,3,9H2,1-2H3,(H2,15,17)/b11-4-. The first-order chi connectivity index (χ1) is 8.10. The van der Waals surface area contributed by atoms with Crippen molar-refractivity contribution in [3.63, 3.8) is 0 Å². The number of aryl methyl sites for hydroxylation is 1. The van der Waals surface area contributed by atoms with Gasteiger partial charge in [-0.05, 0) is 30.0 Å². The number of hydrogen-bond acceptors (Lipinski definition) is 2. The van der Waals surface area contributed by atoms with E-state index in [0.717, 1.165) is 23.1 Å². The maximum Gasteiger partial charge on any atom is 0.285 e. The smallest absolute Gasteiger partial charge is 0.285 e. The number of allylic oxidation sites excluding steroid dienone is 2. The number of carbonyl (C=O) groups is 2. The van der Waals surface area contributed by atoms with Gasteiger partial charge in [-0.1, -0.05) is 37.3 Å². The minimum Gasteiger partial charge on any atom is -0.363 e. The summed E-state index contributed by atoms with van der Waals surface area (Å²) in [6.07, 6.45) is 2.82. The number of nitrogens with two attached hydrogens (primary N) is 1. The van der Waals surface area contributed by atoms with Gasteiger partial charge in [-0.25, -0.2) is 0 Å². The Morgan fingerprint density at radius 1 is 1.29 bits per heavy atom. The van der Waals surface area contributed by atoms with Crippen molar-refractivity contribution in [1.29, 1.82) is 0 Å². The van der Waals surface area contributed by atoms with Crippen molar-refractivity contribution in [2.24, 2.45) is 5.73 Å². The van der Waals surface area contributed by atoms with Crippen LogP contribution >= 0.6 is 0 Å². The average Bonchev–Trinajstić information content (AvgIpc) is 2.35. The first kappa shape index (κ1) is 13.2. The van der Waals surface area contributed by atoms with Crippen LogP contribution in [0.5, 0.6) is 0 Å². The predicted octanol–water partition coefficient (Wildman–Crippen LogP) is 2.10. The van der Waals surface area contributed by atoms with E-state index in [1.807, 2.05) is 37.3 Å². The van der Waals surface area contributed by atoms with E-state index in [-0.39, 0.29) is 6.42 Å². The van der Waals surface area contributed by atoms with Crippen molar-refractivity contribution in [2.45, 2.75) is 26.7 Å². The van der Waals surface area contributed by atoms with Crippen molar-refractivity contribution in [3.8, 4) is 0 Å². The molecule has 0 heterocycles. The molecule has 1 amide bonds. The van der Waals surface area contributed by atoms with Gasteiger partial charge in [-0.2, -0.15) is 0 Å². The molecule has 0 saturated heterocycles. The highest BCUT2D eigenvalue weighted by Gasteiger charge is 2.14. The van der Waals surface area contributed by atoms with Crippen molar-refractivity contribution in [1.82, 2.24) is 0 Å². The predicted molar refractivity (Wildman–Crippen MR) is 68.3 cm³/mol. The number of ketones is 1. The van der Waals surface area contributed by atoms with E-state index in [4.69, 9.17) is 5.73 Å². The Balaban J connectivity index is 3.03. The van der Waals surface area contributed by atoms with Crippen molar-refractivity contribution >= 4 is 17.3 Å². The molecule has 17 heavy (non-hydrogen) atoms. The van der Waals surface area contributed by atoms with Crippen LogP contribution < -0.4 is 5.73 Å². The van der Waals surface area contributed by atoms with Crippen LogP contribution in [0.25, 0.3) is 5.57 Å². The van der Waals surface area contributed by atoms with Gasteiger partial charge < -0.3 is 5.73 Å². The van der Waals surface area contributed by atoms with Crippen molar-refractivity contribution in [3.05, 3.63) is 41.5 Å². The summed E-state index contributed by atoms with van der Waals surface area (Å²) < 4.78 is 0. The zero-order valence-electron chi connectivity index (χ0n) is 10.2. The first-order valence-corrected chi connectivity index (χ1v) is 5.66. The second-order valence-corrected chi connectivity index (χ2v) is 3.79. The topological polar surface area (TPSA) is 60.2 Å². The molecule has 0 aliphatic carbocycles. The average molecular weight is 231 g/mol. The van der Waals surface area contributed by atoms with Gasteiger partial charge in [0, 0.05) is 6.42 Å². The summed E-state index contributed by atoms with van der Waals surface area (Å²) in [6, 6.07) is 7.87. The van der Waals surface area contributed by atoms with Crippen LogP contribution in [-0.4, -0.2) is 11.7 Å². The van der Waals surface area contributed by atoms with E-state index >= 15 is 0 Å². The van der Waals surface area contributed by atoms with E-state index in [2.05, 4.69) is 6.92 Å². The van der Waals surface area contributed by atoms with Crippen LogP contribution in [0.4, 0.5) is 0 Å². The van der Waals surface area contributed by atoms with E-state index < -0.39 is 11.7 Å². The number of rotatable bonds is 5. The molecule has 0 fully saturated rings. The summed E-state index contributed by atoms with van der Waals surface area (Å²) >= 11 is 0. The summed E-state index contributed by atoms with van der Waals surface area (Å²) in [4.78, 5) is 22.2. The molecular formula is C14H17NO2. The molecule has 0 atom stereocenters. The second-order valence-electron chi connectivity index (χ2n) is 3.79. The Bertz CT molecular complexity index is 461. The molecule has 1 aromatic rings. The first-order valence-electron chi connectivity index (χ1n) is 5.66. The van der Waals surface area contributed by atoms with Gasteiger partial charge >= 0.3 is 0 Å². The van der Waals surface area contributed by atoms with Gasteiger partial charge in [-0.3, -0.25) is 9.59 Å². The number of Topliss-reactive ketones (excluding diaryl/α,β-unsaturated/α-hetero) is 1. The fourth-order valence-electron chi connectivity index (χ4n) is 1.75. The Labute approximate surface area is 101 Å². The summed E-state index contributed by atoms with van der Waals surface area (Å²) in [5.41, 5.74) is 8.01. The van der Waals surface area contributed by atoms with E-state index in [0.29, 0.717) is 0 Å². The van der Waals surface area contributed by atoms with Crippen LogP contribution in [-0.2, 0) is 16.0 Å². The molecule has 3 heteroatoms. The Morgan fingerprint density at radius 3 is 2.47 bits per heavy atom. The molecule has 90 valence electrons. The third-order valence-corrected chi connectivity index (χ3v) is 2.72. The van der Waals surface area contributed by atoms with Gasteiger partial charge in [0.05, 0.1) is 0 Å². The van der Waals surface area contributed by atoms with Crippen LogP contribution in [0.2, 0.25) is 0 Å². The zero-order chi connectivity index (χ0) is 12.8. The zero-order valence-corrected chi connectivity index (χ0v) is 10.2. The number of primary amides is 1. The molecule has 0 unspecified atom stereocenters. The Hall–Kier alpha value is -1.90. The number of carbonyl (C=O) groups excluding carboxylic acids is 2. The van der Waals surface area contributed by atoms with E-state index in [1.54, 1.807) is 0 Å². The highest BCUT2D eigenvalue weighted by atomic mass is 16.2. The van der Waals surface area contributed by atoms with Gasteiger partial charge in [0.1, 0.15) is 0 Å². The van der Waals surface area contributed by atoms with Crippen LogP contribution in [0.15, 0.2) is 30.3 Å². The van der Waals surface area contributed by atoms with E-state index in [1.165, 1.54) is 0 Å². The van der Waals surface area contributed by atoms with Gasteiger partial charge in [0.2, 0.25) is 5.78 Å². The lowest BCUT2D eigenvalue weighted by Gasteiger charge is -2.10. The Morgan fingerprint density at radius 2 is 1.94 bits per heavy atom. The van der Waals surface area contributed by atoms with Crippen molar-refractivity contribution in [2.75, 3.05) is 0 Å². The highest BCUT2D eigenvalue weighted by molar-refractivity contribution is 6.37. The monoisotopic (exact) mass is 231 g/mol. The lowest BCUT2D eigenvalue weighted by Crippen LogP contribution is -2.23. The fourth-order valence-corrected chi connectivity index (χ4v) is 1.75. The Kier molecular flexibility index (Phi) is 4.64. The lowest BCUT2D eigenvalue weighted by atomic mass is 9.94. The molecule has 0 saturated carbocycles. The van der Waals surface area contributed by atoms with Crippen LogP contribution in [0, 0.1) is 0 Å². The van der Waals surface area contributed by atoms with Gasteiger partial charge in [0.15, 0.2) is 0 Å². The maximum atomic E-state index is 11.4. The van der Waals surface area contributed by atoms with E-state index in [9.17, 15) is 9.59 Å². The molecule has 0 aliphatic heterocycles. The minimum atomic E-state index is -0.877. The van der Waals surface area contributed by atoms with Crippen LogP contribution in [0.3, 0.4) is 0 Å². The number of benzene rings is 1. The molecule has 0 aliphatic rings. The summed E-state index contributed by atoms with van der Waals surface area (Å²) in [6.45, 7) is 3.91. The minimum absolute atomic E-state index is 0.0723. The lowest BCUT2D eigenvalue weighted by molar-refractivity contribution is -0.135. The summed E-state index contributed by atoms with van der Waals surface area (Å²) in [7, 11) is 0. The molecule has 0 aromatic heterocycles. The maximum absolute atomic E-state index is 11.4. The molecular weight excluding hydrogens is 214 g/mol. The normalized spacial score (nSPS) is 11.3. The van der Waals surface area contributed by atoms with Crippen LogP contribution in [0.1, 0.15) is 31.4 Å². The van der Waals surface area contributed by atoms with Gasteiger partial charge in [-0.15, -0.1) is 0 Å². The third-order valence-electron chi connectivity index (χ3n) is 2.72. The van der Waals surface area contributed by atoms with Crippen molar-refractivity contribution < 1.29 is 9.59 Å². The molecule has 2 N–H and O–H groups in total. The molecule has 1 rings (SSSR count). The quantitative estimate of drug-likeness (QED) is 0.789. The van der Waals surface area contributed by atoms with Gasteiger partial charge in [0.25, 0.3) is 5.91 Å². The largest absolute Gasteiger partial charge is 0.363 e. The SMILES string of the molecule is C/C=C(/CC(=O)C(N)=O)c1ccccc1CC. The summed E-state index contributed by atoms with van der Waals surface area (Å²) in [5, 5.41) is 0. The highest BCUT2D eigenvalue weighted by Crippen LogP contribution is 2.22. The summed E-state index contributed by atoms with van der Waals surface area (Å²) in [5.74, 6) is -1.43. The fraction of sp³-hybridized carbons (Fsp3) is 0.286. The second kappa shape index (κ2) is 5.99. The molecule has 0 radical (unpaired) electrons. The third kappa shape index (κ3) is 3.28. The molecule has 1 aromatic carbocycles. The molecule has 3 nitrogen and oxygen atoms in total. The number of amides is 1. The number of hydrogen-bond donors (Lipinski definition) is 1. The molecule has 0 spiro atoms. The molecule has 0 bridgehead atoms.